The summed E-state index contributed by atoms with van der Waals surface area (Å²) in [6.45, 7) is 5.50. The summed E-state index contributed by atoms with van der Waals surface area (Å²) in [4.78, 5) is 2.47. The molecule has 0 radical (unpaired) electrons. The Bertz CT molecular complexity index is 458. The molecule has 5 heteroatoms. The van der Waals surface area contributed by atoms with E-state index in [0.29, 0.717) is 16.6 Å². The maximum absolute atomic E-state index is 14.2. The van der Waals surface area contributed by atoms with Gasteiger partial charge in [-0.3, -0.25) is 0 Å². The zero-order valence-corrected chi connectivity index (χ0v) is 13.9. The van der Waals surface area contributed by atoms with Gasteiger partial charge in [-0.2, -0.15) is 11.8 Å². The summed E-state index contributed by atoms with van der Waals surface area (Å²) in [5.74, 6) is 1.61. The van der Waals surface area contributed by atoms with Crippen LogP contribution in [0.1, 0.15) is 24.9 Å². The summed E-state index contributed by atoms with van der Waals surface area (Å²) in [7, 11) is 3.47. The molecular weight excluding hydrogens is 287 g/mol. The number of benzene rings is 1. The molecule has 1 aromatic carbocycles. The molecule has 0 bridgehead atoms. The van der Waals surface area contributed by atoms with Gasteiger partial charge in [0.05, 0.1) is 7.11 Å². The SMILES string of the molecule is CNC(CCN1CCSC(C)C1)c1c(F)cccc1OC. The molecule has 0 spiro atoms. The molecule has 1 aromatic rings. The van der Waals surface area contributed by atoms with Crippen LogP contribution in [0.5, 0.6) is 5.75 Å². The second-order valence-electron chi connectivity index (χ2n) is 5.47. The van der Waals surface area contributed by atoms with Gasteiger partial charge in [0.1, 0.15) is 11.6 Å². The molecule has 2 rings (SSSR count). The molecule has 1 saturated heterocycles. The van der Waals surface area contributed by atoms with E-state index in [-0.39, 0.29) is 11.9 Å². The second-order valence-corrected chi connectivity index (χ2v) is 7.01. The normalized spacial score (nSPS) is 21.2. The highest BCUT2D eigenvalue weighted by atomic mass is 32.2. The average Bonchev–Trinajstić information content (AvgIpc) is 2.49. The molecule has 1 fully saturated rings. The van der Waals surface area contributed by atoms with Crippen LogP contribution in [0.15, 0.2) is 18.2 Å². The lowest BCUT2D eigenvalue weighted by Crippen LogP contribution is -2.38. The Kier molecular flexibility index (Phi) is 6.33. The fourth-order valence-corrected chi connectivity index (χ4v) is 3.95. The van der Waals surface area contributed by atoms with Gasteiger partial charge in [-0.1, -0.05) is 13.0 Å². The first-order valence-electron chi connectivity index (χ1n) is 7.49. The average molecular weight is 312 g/mol. The summed E-state index contributed by atoms with van der Waals surface area (Å²) in [6.07, 6.45) is 0.880. The topological polar surface area (TPSA) is 24.5 Å². The van der Waals surface area contributed by atoms with Crippen molar-refractivity contribution in [2.75, 3.05) is 39.5 Å². The zero-order valence-electron chi connectivity index (χ0n) is 13.1. The van der Waals surface area contributed by atoms with Crippen molar-refractivity contribution in [1.29, 1.82) is 0 Å². The lowest BCUT2D eigenvalue weighted by atomic mass is 10.0. The van der Waals surface area contributed by atoms with Crippen LogP contribution in [-0.4, -0.2) is 49.7 Å². The Morgan fingerprint density at radius 2 is 2.33 bits per heavy atom. The van der Waals surface area contributed by atoms with Gasteiger partial charge >= 0.3 is 0 Å². The van der Waals surface area contributed by atoms with Gasteiger partial charge in [0.2, 0.25) is 0 Å². The number of hydrogen-bond donors (Lipinski definition) is 1. The molecule has 118 valence electrons. The number of nitrogens with one attached hydrogen (secondary N) is 1. The van der Waals surface area contributed by atoms with Gasteiger partial charge in [-0.25, -0.2) is 4.39 Å². The summed E-state index contributed by atoms with van der Waals surface area (Å²) >= 11 is 2.03. The van der Waals surface area contributed by atoms with Gasteiger partial charge in [-0.05, 0) is 25.6 Å². The Morgan fingerprint density at radius 1 is 1.52 bits per heavy atom. The predicted octanol–water partition coefficient (Wildman–Crippen LogP) is 2.92. The monoisotopic (exact) mass is 312 g/mol. The van der Waals surface area contributed by atoms with Crippen LogP contribution in [0.3, 0.4) is 0 Å². The number of methoxy groups -OCH3 is 1. The maximum atomic E-state index is 14.2. The third kappa shape index (κ3) is 4.34. The first kappa shape index (κ1) is 16.6. The molecule has 1 aliphatic rings. The van der Waals surface area contributed by atoms with E-state index in [4.69, 9.17) is 4.74 Å². The molecule has 0 aromatic heterocycles. The molecule has 1 heterocycles. The lowest BCUT2D eigenvalue weighted by molar-refractivity contribution is 0.267. The highest BCUT2D eigenvalue weighted by Crippen LogP contribution is 2.30. The second kappa shape index (κ2) is 8.01. The minimum Gasteiger partial charge on any atom is -0.496 e. The molecule has 1 N–H and O–H groups in total. The highest BCUT2D eigenvalue weighted by molar-refractivity contribution is 7.99. The van der Waals surface area contributed by atoms with Crippen LogP contribution >= 0.6 is 11.8 Å². The van der Waals surface area contributed by atoms with Crippen LogP contribution in [0.25, 0.3) is 0 Å². The number of thioether (sulfide) groups is 1. The molecule has 21 heavy (non-hydrogen) atoms. The van der Waals surface area contributed by atoms with E-state index in [9.17, 15) is 4.39 Å². The number of nitrogens with zero attached hydrogens (tertiary/aromatic N) is 1. The van der Waals surface area contributed by atoms with Gasteiger partial charge in [0.25, 0.3) is 0 Å². The van der Waals surface area contributed by atoms with E-state index < -0.39 is 0 Å². The summed E-state index contributed by atoms with van der Waals surface area (Å²) in [6, 6.07) is 4.99. The van der Waals surface area contributed by atoms with Crippen molar-refractivity contribution in [3.63, 3.8) is 0 Å². The van der Waals surface area contributed by atoms with Gasteiger partial charge in [0, 0.05) is 42.2 Å². The van der Waals surface area contributed by atoms with Crippen molar-refractivity contribution in [2.45, 2.75) is 24.6 Å². The zero-order chi connectivity index (χ0) is 15.2. The third-order valence-corrected chi connectivity index (χ3v) is 5.13. The molecule has 0 amide bonds. The van der Waals surface area contributed by atoms with E-state index >= 15 is 0 Å². The van der Waals surface area contributed by atoms with Crippen molar-refractivity contribution in [3.8, 4) is 5.75 Å². The summed E-state index contributed by atoms with van der Waals surface area (Å²) in [5, 5.41) is 3.92. The van der Waals surface area contributed by atoms with Gasteiger partial charge in [-0.15, -0.1) is 0 Å². The van der Waals surface area contributed by atoms with E-state index in [1.165, 1.54) is 11.8 Å². The summed E-state index contributed by atoms with van der Waals surface area (Å²) < 4.78 is 19.5. The standard InChI is InChI=1S/C16H25FN2OS/c1-12-11-19(9-10-21-12)8-7-14(18-2)16-13(17)5-4-6-15(16)20-3/h4-6,12,14,18H,7-11H2,1-3H3. The van der Waals surface area contributed by atoms with Crippen LogP contribution in [0, 0.1) is 5.82 Å². The minimum absolute atomic E-state index is 0.0222. The van der Waals surface area contributed by atoms with Crippen molar-refractivity contribution >= 4 is 11.8 Å². The number of hydrogen-bond acceptors (Lipinski definition) is 4. The van der Waals surface area contributed by atoms with Crippen molar-refractivity contribution in [1.82, 2.24) is 10.2 Å². The highest BCUT2D eigenvalue weighted by Gasteiger charge is 2.22. The smallest absolute Gasteiger partial charge is 0.131 e. The molecular formula is C16H25FN2OS. The number of halogens is 1. The molecule has 3 nitrogen and oxygen atoms in total. The summed E-state index contributed by atoms with van der Waals surface area (Å²) in [5.41, 5.74) is 0.641. The van der Waals surface area contributed by atoms with Crippen molar-refractivity contribution in [2.24, 2.45) is 0 Å². The molecule has 1 aliphatic heterocycles. The molecule has 2 atom stereocenters. The Balaban J connectivity index is 2.03. The molecule has 2 unspecified atom stereocenters. The van der Waals surface area contributed by atoms with Crippen LogP contribution in [0.2, 0.25) is 0 Å². The number of rotatable bonds is 6. The van der Waals surface area contributed by atoms with Gasteiger partial charge < -0.3 is 15.0 Å². The van der Waals surface area contributed by atoms with E-state index in [1.807, 2.05) is 24.9 Å². The first-order chi connectivity index (χ1) is 10.2. The maximum Gasteiger partial charge on any atom is 0.131 e. The van der Waals surface area contributed by atoms with E-state index in [0.717, 1.165) is 26.1 Å². The fraction of sp³-hybridized carbons (Fsp3) is 0.625. The first-order valence-corrected chi connectivity index (χ1v) is 8.54. The predicted molar refractivity (Wildman–Crippen MR) is 87.7 cm³/mol. The Morgan fingerprint density at radius 3 is 3.00 bits per heavy atom. The third-order valence-electron chi connectivity index (χ3n) is 3.99. The van der Waals surface area contributed by atoms with Crippen molar-refractivity contribution in [3.05, 3.63) is 29.6 Å². The van der Waals surface area contributed by atoms with E-state index in [1.54, 1.807) is 13.2 Å². The lowest BCUT2D eigenvalue weighted by Gasteiger charge is -2.31. The Hall–Kier alpha value is -0.780. The molecule has 0 aliphatic carbocycles. The van der Waals surface area contributed by atoms with Crippen LogP contribution < -0.4 is 10.1 Å². The Labute approximate surface area is 131 Å². The molecule has 0 saturated carbocycles. The van der Waals surface area contributed by atoms with Gasteiger partial charge in [0.15, 0.2) is 0 Å². The quantitative estimate of drug-likeness (QED) is 0.873. The van der Waals surface area contributed by atoms with E-state index in [2.05, 4.69) is 17.1 Å². The number of ether oxygens (including phenoxy) is 1. The van der Waals surface area contributed by atoms with Crippen molar-refractivity contribution < 1.29 is 9.13 Å². The fourth-order valence-electron chi connectivity index (χ4n) is 2.87. The van der Waals surface area contributed by atoms with Crippen LogP contribution in [0.4, 0.5) is 4.39 Å². The van der Waals surface area contributed by atoms with Crippen LogP contribution in [-0.2, 0) is 0 Å². The largest absolute Gasteiger partial charge is 0.496 e. The minimum atomic E-state index is -0.198.